The van der Waals surface area contributed by atoms with E-state index in [1.165, 1.54) is 0 Å². The first-order valence-corrected chi connectivity index (χ1v) is 13.7. The molecule has 4 N–H and O–H groups in total. The monoisotopic (exact) mass is 508 g/mol. The van der Waals surface area contributed by atoms with Crippen molar-refractivity contribution < 1.29 is 14.3 Å². The smallest absolute Gasteiger partial charge is 0.243 e. The average Bonchev–Trinajstić information content (AvgIpc) is 2.88. The van der Waals surface area contributed by atoms with Crippen LogP contribution < -0.4 is 21.1 Å². The molecule has 3 rings (SSSR count). The number of likely N-dealkylation sites (tertiary alicyclic amines) is 1. The second kappa shape index (κ2) is 14.7. The molecule has 7 nitrogen and oxygen atoms in total. The van der Waals surface area contributed by atoms with Crippen molar-refractivity contribution in [3.05, 3.63) is 65.7 Å². The number of carbonyl (C=O) groups is 2. The maximum Gasteiger partial charge on any atom is 0.243 e. The zero-order chi connectivity index (χ0) is 26.6. The van der Waals surface area contributed by atoms with Crippen molar-refractivity contribution in [2.24, 2.45) is 11.7 Å². The molecule has 3 unspecified atom stereocenters. The Kier molecular flexibility index (Phi) is 11.4. The van der Waals surface area contributed by atoms with Crippen LogP contribution in [0.15, 0.2) is 54.6 Å². The molecule has 2 amide bonds. The molecule has 0 aliphatic carbocycles. The first-order chi connectivity index (χ1) is 17.8. The predicted octanol–water partition coefficient (Wildman–Crippen LogP) is 3.66. The molecule has 1 fully saturated rings. The van der Waals surface area contributed by atoms with Gasteiger partial charge in [-0.25, -0.2) is 0 Å². The first kappa shape index (κ1) is 28.7. The lowest BCUT2D eigenvalue weighted by Crippen LogP contribution is -2.56. The van der Waals surface area contributed by atoms with E-state index in [4.69, 9.17) is 10.5 Å². The summed E-state index contributed by atoms with van der Waals surface area (Å²) in [5, 5.41) is 6.14. The Morgan fingerprint density at radius 1 is 1.05 bits per heavy atom. The highest BCUT2D eigenvalue weighted by Crippen LogP contribution is 2.16. The fourth-order valence-corrected chi connectivity index (χ4v) is 4.80. The fourth-order valence-electron chi connectivity index (χ4n) is 4.80. The van der Waals surface area contributed by atoms with Gasteiger partial charge in [-0.1, -0.05) is 63.2 Å². The topological polar surface area (TPSA) is 96.7 Å². The van der Waals surface area contributed by atoms with Gasteiger partial charge in [0, 0.05) is 19.0 Å². The Hall–Kier alpha value is -2.90. The summed E-state index contributed by atoms with van der Waals surface area (Å²) in [5.41, 5.74) is 8.18. The molecule has 1 saturated heterocycles. The molecule has 2 aromatic rings. The number of nitrogens with two attached hydrogens (primary N) is 1. The lowest BCUT2D eigenvalue weighted by Gasteiger charge is -2.34. The third kappa shape index (κ3) is 9.82. The fraction of sp³-hybridized carbons (Fsp3) is 0.533. The summed E-state index contributed by atoms with van der Waals surface area (Å²) < 4.78 is 5.89. The molecule has 7 heteroatoms. The van der Waals surface area contributed by atoms with Gasteiger partial charge in [0.05, 0.1) is 6.04 Å². The van der Waals surface area contributed by atoms with Crippen molar-refractivity contribution in [1.29, 1.82) is 0 Å². The van der Waals surface area contributed by atoms with Crippen molar-refractivity contribution in [2.75, 3.05) is 19.6 Å². The number of hydrogen-bond acceptors (Lipinski definition) is 5. The summed E-state index contributed by atoms with van der Waals surface area (Å²) >= 11 is 0. The number of carbonyl (C=O) groups excluding carboxylic acids is 2. The quantitative estimate of drug-likeness (QED) is 0.384. The Balaban J connectivity index is 1.64. The van der Waals surface area contributed by atoms with Gasteiger partial charge >= 0.3 is 0 Å². The van der Waals surface area contributed by atoms with E-state index < -0.39 is 12.1 Å². The number of hydrogen-bond donors (Lipinski definition) is 3. The third-order valence-electron chi connectivity index (χ3n) is 6.70. The minimum atomic E-state index is -0.691. The molecule has 202 valence electrons. The number of nitrogens with one attached hydrogen (secondary N) is 2. The summed E-state index contributed by atoms with van der Waals surface area (Å²) in [6.45, 7) is 9.68. The molecule has 3 atom stereocenters. The summed E-state index contributed by atoms with van der Waals surface area (Å²) in [6.07, 6.45) is 4.06. The maximum absolute atomic E-state index is 13.4. The van der Waals surface area contributed by atoms with Gasteiger partial charge in [-0.15, -0.1) is 0 Å². The van der Waals surface area contributed by atoms with Crippen LogP contribution >= 0.6 is 0 Å². The van der Waals surface area contributed by atoms with Gasteiger partial charge in [0.2, 0.25) is 11.8 Å². The summed E-state index contributed by atoms with van der Waals surface area (Å²) in [5.74, 6) is 0.615. The van der Waals surface area contributed by atoms with E-state index >= 15 is 0 Å². The van der Waals surface area contributed by atoms with Crippen LogP contribution in [-0.4, -0.2) is 54.5 Å². The number of piperidine rings is 1. The highest BCUT2D eigenvalue weighted by Gasteiger charge is 2.28. The third-order valence-corrected chi connectivity index (χ3v) is 6.70. The minimum absolute atomic E-state index is 0.0882. The van der Waals surface area contributed by atoms with Crippen LogP contribution in [0.1, 0.15) is 57.6 Å². The molecular formula is C30H44N4O3. The molecule has 0 spiro atoms. The van der Waals surface area contributed by atoms with E-state index in [9.17, 15) is 9.59 Å². The van der Waals surface area contributed by atoms with Crippen molar-refractivity contribution in [1.82, 2.24) is 15.5 Å². The average molecular weight is 509 g/mol. The van der Waals surface area contributed by atoms with Gasteiger partial charge in [0.25, 0.3) is 0 Å². The highest BCUT2D eigenvalue weighted by molar-refractivity contribution is 5.90. The molecular weight excluding hydrogens is 464 g/mol. The van der Waals surface area contributed by atoms with Crippen LogP contribution in [0.2, 0.25) is 0 Å². The molecule has 0 bridgehead atoms. The van der Waals surface area contributed by atoms with Gasteiger partial charge in [-0.2, -0.15) is 0 Å². The first-order valence-electron chi connectivity index (χ1n) is 13.7. The van der Waals surface area contributed by atoms with Gasteiger partial charge in [0.1, 0.15) is 18.4 Å². The SMILES string of the molecule is CCCN1CCCC(NC(=O)C(Cc2ccc(OCc3ccccc3)cc2)NC(=O)C(N)CC(C)C)C1. The number of nitrogens with zero attached hydrogens (tertiary/aromatic N) is 1. The predicted molar refractivity (Wildman–Crippen MR) is 148 cm³/mol. The molecule has 0 aromatic heterocycles. The lowest BCUT2D eigenvalue weighted by atomic mass is 10.0. The van der Waals surface area contributed by atoms with E-state index in [1.54, 1.807) is 0 Å². The maximum atomic E-state index is 13.4. The van der Waals surface area contributed by atoms with Crippen molar-refractivity contribution in [3.63, 3.8) is 0 Å². The van der Waals surface area contributed by atoms with E-state index in [1.807, 2.05) is 68.4 Å². The normalized spacial score (nSPS) is 17.7. The molecule has 37 heavy (non-hydrogen) atoms. The Bertz CT molecular complexity index is 963. The Morgan fingerprint density at radius 3 is 2.46 bits per heavy atom. The standard InChI is InChI=1S/C30H44N4O3/c1-4-16-34-17-8-11-25(20-34)32-30(36)28(33-29(35)27(31)18-22(2)3)19-23-12-14-26(15-13-23)37-21-24-9-6-5-7-10-24/h5-7,9-10,12-15,22,25,27-28H,4,8,11,16-21,31H2,1-3H3,(H,32,36)(H,33,35). The van der Waals surface area contributed by atoms with E-state index in [2.05, 4.69) is 22.5 Å². The molecule has 0 saturated carbocycles. The summed E-state index contributed by atoms with van der Waals surface area (Å²) in [4.78, 5) is 28.6. The molecule has 1 heterocycles. The van der Waals surface area contributed by atoms with Crippen LogP contribution in [0.5, 0.6) is 5.75 Å². The van der Waals surface area contributed by atoms with Gasteiger partial charge in [-0.05, 0) is 68.0 Å². The molecule has 1 aliphatic rings. The zero-order valence-corrected chi connectivity index (χ0v) is 22.6. The van der Waals surface area contributed by atoms with Crippen LogP contribution in [-0.2, 0) is 22.6 Å². The van der Waals surface area contributed by atoms with E-state index in [0.29, 0.717) is 25.4 Å². The van der Waals surface area contributed by atoms with Crippen LogP contribution in [0.4, 0.5) is 0 Å². The number of amides is 2. The van der Waals surface area contributed by atoms with Crippen molar-refractivity contribution >= 4 is 11.8 Å². The van der Waals surface area contributed by atoms with Gasteiger partial charge in [-0.3, -0.25) is 9.59 Å². The number of rotatable bonds is 13. The largest absolute Gasteiger partial charge is 0.489 e. The van der Waals surface area contributed by atoms with Crippen LogP contribution in [0.3, 0.4) is 0 Å². The van der Waals surface area contributed by atoms with Gasteiger partial charge in [0.15, 0.2) is 0 Å². The Labute approximate surface area is 222 Å². The molecule has 1 aliphatic heterocycles. The highest BCUT2D eigenvalue weighted by atomic mass is 16.5. The number of benzene rings is 2. The van der Waals surface area contributed by atoms with Crippen LogP contribution in [0.25, 0.3) is 0 Å². The van der Waals surface area contributed by atoms with E-state index in [0.717, 1.165) is 55.8 Å². The Morgan fingerprint density at radius 2 is 1.78 bits per heavy atom. The zero-order valence-electron chi connectivity index (χ0n) is 22.6. The second-order valence-corrected chi connectivity index (χ2v) is 10.6. The number of ether oxygens (including phenoxy) is 1. The van der Waals surface area contributed by atoms with Crippen molar-refractivity contribution in [3.8, 4) is 5.75 Å². The lowest BCUT2D eigenvalue weighted by molar-refractivity contribution is -0.130. The van der Waals surface area contributed by atoms with Crippen LogP contribution in [0, 0.1) is 5.92 Å². The van der Waals surface area contributed by atoms with Gasteiger partial charge < -0.3 is 26.0 Å². The van der Waals surface area contributed by atoms with E-state index in [-0.39, 0.29) is 17.9 Å². The minimum Gasteiger partial charge on any atom is -0.489 e. The molecule has 2 aromatic carbocycles. The van der Waals surface area contributed by atoms with Crippen molar-refractivity contribution in [2.45, 2.75) is 77.6 Å². The summed E-state index contributed by atoms with van der Waals surface area (Å²) in [6, 6.07) is 16.5. The molecule has 0 radical (unpaired) electrons. The second-order valence-electron chi connectivity index (χ2n) is 10.6. The summed E-state index contributed by atoms with van der Waals surface area (Å²) in [7, 11) is 0.